The molecule has 2 heterocycles. The lowest BCUT2D eigenvalue weighted by molar-refractivity contribution is -0.0311. The maximum atomic E-state index is 13.1. The van der Waals surface area contributed by atoms with E-state index in [1.54, 1.807) is 42.3 Å². The number of carbonyl (C=O) groups excluding carboxylic acids is 1. The van der Waals surface area contributed by atoms with Crippen LogP contribution in [0.25, 0.3) is 10.2 Å². The van der Waals surface area contributed by atoms with Crippen LogP contribution < -0.4 is 10.0 Å². The van der Waals surface area contributed by atoms with Gasteiger partial charge in [-0.25, -0.2) is 13.4 Å². The summed E-state index contributed by atoms with van der Waals surface area (Å²) in [5.74, 6) is 0.257. The van der Waals surface area contributed by atoms with Crippen molar-refractivity contribution in [3.8, 4) is 0 Å². The smallest absolute Gasteiger partial charge is 0.264 e. The molecule has 1 aliphatic heterocycles. The monoisotopic (exact) mass is 536 g/mol. The molecule has 1 amide bonds. The molecule has 0 unspecified atom stereocenters. The van der Waals surface area contributed by atoms with Crippen LogP contribution in [-0.2, 0) is 10.0 Å². The van der Waals surface area contributed by atoms with Crippen LogP contribution in [0.2, 0.25) is 5.02 Å². The van der Waals surface area contributed by atoms with E-state index in [1.165, 1.54) is 17.4 Å². The molecule has 0 saturated carbocycles. The van der Waals surface area contributed by atoms with Gasteiger partial charge in [-0.3, -0.25) is 9.52 Å². The minimum Gasteiger partial charge on any atom is -0.390 e. The molecular weight excluding hydrogens is 508 g/mol. The number of aromatic nitrogens is 1. The highest BCUT2D eigenvalue weighted by Gasteiger charge is 2.34. The molecule has 188 valence electrons. The van der Waals surface area contributed by atoms with Crippen LogP contribution in [-0.4, -0.2) is 55.1 Å². The van der Waals surface area contributed by atoms with Gasteiger partial charge in [0.1, 0.15) is 10.4 Å². The van der Waals surface area contributed by atoms with Gasteiger partial charge in [-0.15, -0.1) is 0 Å². The van der Waals surface area contributed by atoms with Crippen molar-refractivity contribution in [3.05, 3.63) is 47.0 Å². The molecule has 8 nitrogen and oxygen atoms in total. The number of amides is 1. The van der Waals surface area contributed by atoms with Crippen LogP contribution in [0.3, 0.4) is 0 Å². The molecule has 35 heavy (non-hydrogen) atoms. The second-order valence-corrected chi connectivity index (χ2v) is 12.4. The predicted octanol–water partition coefficient (Wildman–Crippen LogP) is 4.81. The van der Waals surface area contributed by atoms with E-state index in [0.717, 1.165) is 6.42 Å². The highest BCUT2D eigenvalue weighted by Crippen LogP contribution is 2.34. The number of thiazole rings is 1. The number of fused-ring (bicyclic) bond motifs is 1. The average Bonchev–Trinajstić information content (AvgIpc) is 3.21. The first-order valence-electron chi connectivity index (χ1n) is 11.4. The summed E-state index contributed by atoms with van der Waals surface area (Å²) in [7, 11) is -2.26. The van der Waals surface area contributed by atoms with E-state index >= 15 is 0 Å². The molecule has 0 atom stereocenters. The maximum absolute atomic E-state index is 13.1. The zero-order valence-corrected chi connectivity index (χ0v) is 22.2. The van der Waals surface area contributed by atoms with E-state index < -0.39 is 15.6 Å². The van der Waals surface area contributed by atoms with Gasteiger partial charge < -0.3 is 15.3 Å². The van der Waals surface area contributed by atoms with E-state index in [9.17, 15) is 18.3 Å². The molecule has 1 saturated heterocycles. The SMILES string of the molecule is CNc1nc2c(S(=O)(=O)Nc3ccc(C(=O)N4CCC(O)(CC(C)C)CC4)cc3)cc(Cl)cc2s1. The molecular formula is C24H29ClN4O4S2. The number of halogens is 1. The summed E-state index contributed by atoms with van der Waals surface area (Å²) in [5, 5.41) is 14.5. The van der Waals surface area contributed by atoms with E-state index in [2.05, 4.69) is 28.9 Å². The Hall–Kier alpha value is -2.40. The molecule has 0 aliphatic carbocycles. The van der Waals surface area contributed by atoms with E-state index in [4.69, 9.17) is 11.6 Å². The van der Waals surface area contributed by atoms with Crippen LogP contribution >= 0.6 is 22.9 Å². The summed E-state index contributed by atoms with van der Waals surface area (Å²) in [6, 6.07) is 9.38. The van der Waals surface area contributed by atoms with Gasteiger partial charge in [0.15, 0.2) is 5.13 Å². The molecule has 0 radical (unpaired) electrons. The first-order chi connectivity index (χ1) is 16.5. The number of sulfonamides is 1. The van der Waals surface area contributed by atoms with Gasteiger partial charge in [0, 0.05) is 36.4 Å². The summed E-state index contributed by atoms with van der Waals surface area (Å²) in [6.07, 6.45) is 1.82. The van der Waals surface area contributed by atoms with Crippen molar-refractivity contribution in [2.24, 2.45) is 5.92 Å². The van der Waals surface area contributed by atoms with Gasteiger partial charge in [-0.2, -0.15) is 0 Å². The third kappa shape index (κ3) is 5.72. The van der Waals surface area contributed by atoms with Crippen molar-refractivity contribution in [1.29, 1.82) is 0 Å². The summed E-state index contributed by atoms with van der Waals surface area (Å²) in [5.41, 5.74) is 0.407. The van der Waals surface area contributed by atoms with Crippen molar-refractivity contribution in [2.75, 3.05) is 30.2 Å². The minimum absolute atomic E-state index is 0.0138. The zero-order chi connectivity index (χ0) is 25.4. The fraction of sp³-hybridized carbons (Fsp3) is 0.417. The topological polar surface area (TPSA) is 112 Å². The van der Waals surface area contributed by atoms with Gasteiger partial charge in [-0.05, 0) is 61.6 Å². The standard InChI is InChI=1S/C24H29ClN4O4S2/c1-15(2)14-24(31)8-10-29(11-9-24)22(30)16-4-6-18(7-5-16)28-35(32,33)20-13-17(25)12-19-21(20)27-23(26-3)34-19/h4-7,12-13,15,28,31H,8-11,14H2,1-3H3,(H,26,27). The predicted molar refractivity (Wildman–Crippen MR) is 141 cm³/mol. The minimum atomic E-state index is -3.98. The number of likely N-dealkylation sites (tertiary alicyclic amines) is 1. The second-order valence-electron chi connectivity index (χ2n) is 9.32. The first kappa shape index (κ1) is 25.7. The lowest BCUT2D eigenvalue weighted by atomic mass is 9.84. The van der Waals surface area contributed by atoms with Crippen molar-refractivity contribution in [2.45, 2.75) is 43.6 Å². The molecule has 1 fully saturated rings. The number of hydrogen-bond donors (Lipinski definition) is 3. The Morgan fingerprint density at radius 3 is 2.49 bits per heavy atom. The summed E-state index contributed by atoms with van der Waals surface area (Å²) in [4.78, 5) is 19.0. The lowest BCUT2D eigenvalue weighted by Gasteiger charge is -2.39. The van der Waals surface area contributed by atoms with Crippen LogP contribution in [0.5, 0.6) is 0 Å². The normalized spacial score (nSPS) is 16.0. The molecule has 3 aromatic rings. The number of benzene rings is 2. The van der Waals surface area contributed by atoms with Crippen LogP contribution in [0.15, 0.2) is 41.3 Å². The fourth-order valence-electron chi connectivity index (χ4n) is 4.44. The Kier molecular flexibility index (Phi) is 7.28. The number of anilines is 2. The quantitative estimate of drug-likeness (QED) is 0.400. The highest BCUT2D eigenvalue weighted by molar-refractivity contribution is 7.93. The summed E-state index contributed by atoms with van der Waals surface area (Å²) in [6.45, 7) is 5.14. The number of rotatable bonds is 7. The highest BCUT2D eigenvalue weighted by atomic mass is 35.5. The number of nitrogens with one attached hydrogen (secondary N) is 2. The van der Waals surface area contributed by atoms with Gasteiger partial charge >= 0.3 is 0 Å². The van der Waals surface area contributed by atoms with E-state index in [-0.39, 0.29) is 10.8 Å². The van der Waals surface area contributed by atoms with Crippen LogP contribution in [0.4, 0.5) is 10.8 Å². The number of piperidine rings is 1. The summed E-state index contributed by atoms with van der Waals surface area (Å²) < 4.78 is 29.5. The zero-order valence-electron chi connectivity index (χ0n) is 19.8. The number of hydrogen-bond acceptors (Lipinski definition) is 7. The first-order valence-corrected chi connectivity index (χ1v) is 14.1. The van der Waals surface area contributed by atoms with Gasteiger partial charge in [0.25, 0.3) is 15.9 Å². The molecule has 1 aliphatic rings. The molecule has 11 heteroatoms. The molecule has 3 N–H and O–H groups in total. The van der Waals surface area contributed by atoms with Crippen molar-refractivity contribution in [3.63, 3.8) is 0 Å². The van der Waals surface area contributed by atoms with Gasteiger partial charge in [0.2, 0.25) is 0 Å². The Morgan fingerprint density at radius 2 is 1.89 bits per heavy atom. The number of carbonyl (C=O) groups is 1. The largest absolute Gasteiger partial charge is 0.390 e. The van der Waals surface area contributed by atoms with Gasteiger partial charge in [0.05, 0.1) is 10.3 Å². The molecule has 4 rings (SSSR count). The molecule has 0 spiro atoms. The fourth-order valence-corrected chi connectivity index (χ4v) is 6.99. The third-order valence-corrected chi connectivity index (χ3v) is 8.71. The third-order valence-electron chi connectivity index (χ3n) is 6.08. The lowest BCUT2D eigenvalue weighted by Crippen LogP contribution is -2.47. The second kappa shape index (κ2) is 9.93. The Labute approximate surface area is 214 Å². The van der Waals surface area contributed by atoms with Crippen molar-refractivity contribution >= 4 is 59.9 Å². The van der Waals surface area contributed by atoms with E-state index in [0.29, 0.717) is 63.5 Å². The Balaban J connectivity index is 1.48. The average molecular weight is 537 g/mol. The van der Waals surface area contributed by atoms with Crippen molar-refractivity contribution < 1.29 is 18.3 Å². The number of aliphatic hydroxyl groups is 1. The Bertz CT molecular complexity index is 1330. The Morgan fingerprint density at radius 1 is 1.23 bits per heavy atom. The summed E-state index contributed by atoms with van der Waals surface area (Å²) >= 11 is 7.48. The van der Waals surface area contributed by atoms with Crippen LogP contribution in [0, 0.1) is 5.92 Å². The van der Waals surface area contributed by atoms with Crippen molar-refractivity contribution in [1.82, 2.24) is 9.88 Å². The molecule has 1 aromatic heterocycles. The van der Waals surface area contributed by atoms with Gasteiger partial charge in [-0.1, -0.05) is 36.8 Å². The number of nitrogens with zero attached hydrogens (tertiary/aromatic N) is 2. The van der Waals surface area contributed by atoms with E-state index in [1.807, 2.05) is 0 Å². The molecule has 2 aromatic carbocycles. The molecule has 0 bridgehead atoms. The van der Waals surface area contributed by atoms with Crippen LogP contribution in [0.1, 0.15) is 43.5 Å². The maximum Gasteiger partial charge on any atom is 0.264 e.